The first-order valence-electron chi connectivity index (χ1n) is 5.55. The van der Waals surface area contributed by atoms with E-state index in [0.29, 0.717) is 5.56 Å². The minimum Gasteiger partial charge on any atom is -0.348 e. The topological polar surface area (TPSA) is 29.1 Å². The van der Waals surface area contributed by atoms with Crippen molar-refractivity contribution in [2.75, 3.05) is 0 Å². The van der Waals surface area contributed by atoms with E-state index < -0.39 is 23.4 Å². The second-order valence-corrected chi connectivity index (χ2v) is 3.88. The minimum absolute atomic E-state index is 0.108. The fraction of sp³-hybridized carbons (Fsp3) is 0.0714. The van der Waals surface area contributed by atoms with Crippen molar-refractivity contribution in [3.63, 3.8) is 0 Å². The van der Waals surface area contributed by atoms with Crippen LogP contribution in [0.25, 0.3) is 0 Å². The Labute approximate surface area is 107 Å². The highest BCUT2D eigenvalue weighted by Gasteiger charge is 2.14. The average Bonchev–Trinajstić information content (AvgIpc) is 2.45. The van der Waals surface area contributed by atoms with Crippen LogP contribution in [-0.4, -0.2) is 5.91 Å². The van der Waals surface area contributed by atoms with Crippen molar-refractivity contribution in [2.45, 2.75) is 6.54 Å². The standard InChI is InChI=1S/C14H10F3NO/c15-11-7-6-10(12(16)13(11)17)8-18-14(19)9-4-2-1-3-5-9/h1-7H,8H2,(H,18,19). The van der Waals surface area contributed by atoms with E-state index in [2.05, 4.69) is 5.32 Å². The molecule has 1 amide bonds. The molecule has 5 heteroatoms. The van der Waals surface area contributed by atoms with Crippen molar-refractivity contribution >= 4 is 5.91 Å². The minimum atomic E-state index is -1.54. The first-order chi connectivity index (χ1) is 9.09. The zero-order chi connectivity index (χ0) is 13.8. The molecule has 0 aliphatic carbocycles. The number of amides is 1. The number of nitrogens with one attached hydrogen (secondary N) is 1. The number of hydrogen-bond acceptors (Lipinski definition) is 1. The number of hydrogen-bond donors (Lipinski definition) is 1. The Bertz CT molecular complexity index is 599. The fourth-order valence-electron chi connectivity index (χ4n) is 1.57. The summed E-state index contributed by atoms with van der Waals surface area (Å²) in [5.74, 6) is -4.49. The van der Waals surface area contributed by atoms with Gasteiger partial charge in [0, 0.05) is 17.7 Å². The molecule has 0 heterocycles. The van der Waals surface area contributed by atoms with Gasteiger partial charge in [0.05, 0.1) is 0 Å². The Hall–Kier alpha value is -2.30. The van der Waals surface area contributed by atoms with Gasteiger partial charge in [-0.15, -0.1) is 0 Å². The highest BCUT2D eigenvalue weighted by molar-refractivity contribution is 5.94. The molecule has 0 saturated carbocycles. The second-order valence-electron chi connectivity index (χ2n) is 3.88. The Kier molecular flexibility index (Phi) is 3.85. The summed E-state index contributed by atoms with van der Waals surface area (Å²) in [5.41, 5.74) is 0.300. The van der Waals surface area contributed by atoms with Crippen molar-refractivity contribution in [1.29, 1.82) is 0 Å². The van der Waals surface area contributed by atoms with Gasteiger partial charge in [0.1, 0.15) is 0 Å². The van der Waals surface area contributed by atoms with Crippen LogP contribution in [-0.2, 0) is 6.54 Å². The molecule has 0 fully saturated rings. The molecular formula is C14H10F3NO. The second kappa shape index (κ2) is 5.56. The van der Waals surface area contributed by atoms with Gasteiger partial charge in [0.25, 0.3) is 5.91 Å². The smallest absolute Gasteiger partial charge is 0.251 e. The Morgan fingerprint density at radius 3 is 2.32 bits per heavy atom. The van der Waals surface area contributed by atoms with Gasteiger partial charge in [-0.2, -0.15) is 0 Å². The maximum atomic E-state index is 13.3. The van der Waals surface area contributed by atoms with E-state index in [1.807, 2.05) is 0 Å². The fourth-order valence-corrected chi connectivity index (χ4v) is 1.57. The molecule has 0 unspecified atom stereocenters. The van der Waals surface area contributed by atoms with E-state index in [1.165, 1.54) is 0 Å². The van der Waals surface area contributed by atoms with E-state index in [4.69, 9.17) is 0 Å². The molecule has 0 aliphatic heterocycles. The molecule has 0 atom stereocenters. The highest BCUT2D eigenvalue weighted by atomic mass is 19.2. The zero-order valence-corrected chi connectivity index (χ0v) is 9.79. The summed E-state index contributed by atoms with van der Waals surface area (Å²) in [6.45, 7) is -0.212. The molecular weight excluding hydrogens is 255 g/mol. The van der Waals surface area contributed by atoms with E-state index >= 15 is 0 Å². The van der Waals surface area contributed by atoms with Gasteiger partial charge in [-0.05, 0) is 18.2 Å². The quantitative estimate of drug-likeness (QED) is 0.849. The molecule has 98 valence electrons. The van der Waals surface area contributed by atoms with E-state index in [9.17, 15) is 18.0 Å². The van der Waals surface area contributed by atoms with Crippen LogP contribution in [0.5, 0.6) is 0 Å². The SMILES string of the molecule is O=C(NCc1ccc(F)c(F)c1F)c1ccccc1. The van der Waals surface area contributed by atoms with Crippen molar-refractivity contribution in [2.24, 2.45) is 0 Å². The van der Waals surface area contributed by atoms with E-state index in [-0.39, 0.29) is 12.1 Å². The van der Waals surface area contributed by atoms with Crippen LogP contribution in [0.2, 0.25) is 0 Å². The number of carbonyl (C=O) groups is 1. The van der Waals surface area contributed by atoms with Gasteiger partial charge in [0.2, 0.25) is 0 Å². The van der Waals surface area contributed by atoms with Crippen molar-refractivity contribution in [1.82, 2.24) is 5.32 Å². The number of halogens is 3. The molecule has 0 aromatic heterocycles. The molecule has 0 bridgehead atoms. The maximum absolute atomic E-state index is 13.3. The zero-order valence-electron chi connectivity index (χ0n) is 9.79. The van der Waals surface area contributed by atoms with Crippen LogP contribution in [0.1, 0.15) is 15.9 Å². The molecule has 1 N–H and O–H groups in total. The Morgan fingerprint density at radius 1 is 0.947 bits per heavy atom. The van der Waals surface area contributed by atoms with Crippen molar-refractivity contribution in [3.8, 4) is 0 Å². The summed E-state index contributed by atoms with van der Waals surface area (Å²) >= 11 is 0. The molecule has 0 spiro atoms. The summed E-state index contributed by atoms with van der Waals surface area (Å²) in [5, 5.41) is 2.43. The van der Waals surface area contributed by atoms with Gasteiger partial charge in [-0.3, -0.25) is 4.79 Å². The van der Waals surface area contributed by atoms with Crippen LogP contribution >= 0.6 is 0 Å². The average molecular weight is 265 g/mol. The number of benzene rings is 2. The summed E-state index contributed by atoms with van der Waals surface area (Å²) in [4.78, 5) is 11.7. The lowest BCUT2D eigenvalue weighted by Gasteiger charge is -2.07. The first-order valence-corrected chi connectivity index (χ1v) is 5.55. The predicted molar refractivity (Wildman–Crippen MR) is 63.9 cm³/mol. The van der Waals surface area contributed by atoms with Crippen LogP contribution < -0.4 is 5.32 Å². The molecule has 19 heavy (non-hydrogen) atoms. The largest absolute Gasteiger partial charge is 0.348 e. The first kappa shape index (κ1) is 13.1. The van der Waals surface area contributed by atoms with Gasteiger partial charge < -0.3 is 5.32 Å². The third-order valence-electron chi connectivity index (χ3n) is 2.59. The van der Waals surface area contributed by atoms with Gasteiger partial charge in [0.15, 0.2) is 17.5 Å². The molecule has 0 aliphatic rings. The predicted octanol–water partition coefficient (Wildman–Crippen LogP) is 3.03. The summed E-state index contributed by atoms with van der Waals surface area (Å²) in [7, 11) is 0. The van der Waals surface area contributed by atoms with Crippen LogP contribution in [0.3, 0.4) is 0 Å². The molecule has 2 rings (SSSR count). The van der Waals surface area contributed by atoms with Gasteiger partial charge >= 0.3 is 0 Å². The monoisotopic (exact) mass is 265 g/mol. The lowest BCUT2D eigenvalue weighted by molar-refractivity contribution is 0.0950. The number of rotatable bonds is 3. The van der Waals surface area contributed by atoms with Crippen LogP contribution in [0, 0.1) is 17.5 Å². The molecule has 0 radical (unpaired) electrons. The van der Waals surface area contributed by atoms with E-state index in [1.54, 1.807) is 30.3 Å². The summed E-state index contributed by atoms with van der Waals surface area (Å²) < 4.78 is 39.0. The van der Waals surface area contributed by atoms with Gasteiger partial charge in [-0.25, -0.2) is 13.2 Å². The molecule has 0 saturated heterocycles. The molecule has 2 aromatic carbocycles. The molecule has 2 nitrogen and oxygen atoms in total. The van der Waals surface area contributed by atoms with E-state index in [0.717, 1.165) is 12.1 Å². The molecule has 2 aromatic rings. The van der Waals surface area contributed by atoms with Crippen molar-refractivity contribution in [3.05, 3.63) is 71.0 Å². The van der Waals surface area contributed by atoms with Gasteiger partial charge in [-0.1, -0.05) is 24.3 Å². The normalized spacial score (nSPS) is 10.3. The number of carbonyl (C=O) groups excluding carboxylic acids is 1. The van der Waals surface area contributed by atoms with Crippen LogP contribution in [0.4, 0.5) is 13.2 Å². The highest BCUT2D eigenvalue weighted by Crippen LogP contribution is 2.15. The summed E-state index contributed by atoms with van der Waals surface area (Å²) in [6, 6.07) is 10.2. The lowest BCUT2D eigenvalue weighted by atomic mass is 10.1. The Balaban J connectivity index is 2.08. The summed E-state index contributed by atoms with van der Waals surface area (Å²) in [6.07, 6.45) is 0. The lowest BCUT2D eigenvalue weighted by Crippen LogP contribution is -2.23. The Morgan fingerprint density at radius 2 is 1.63 bits per heavy atom. The third-order valence-corrected chi connectivity index (χ3v) is 2.59. The maximum Gasteiger partial charge on any atom is 0.251 e. The van der Waals surface area contributed by atoms with Crippen LogP contribution in [0.15, 0.2) is 42.5 Å². The third kappa shape index (κ3) is 2.93. The van der Waals surface area contributed by atoms with Crippen molar-refractivity contribution < 1.29 is 18.0 Å².